The first-order valence-corrected chi connectivity index (χ1v) is 6.05. The molecule has 7 heteroatoms. The van der Waals surface area contributed by atoms with Crippen LogP contribution in [0.4, 0.5) is 10.1 Å². The summed E-state index contributed by atoms with van der Waals surface area (Å²) in [6.07, 6.45) is 0.182. The topological polar surface area (TPSA) is 83.6 Å². The Morgan fingerprint density at radius 2 is 2.26 bits per heavy atom. The molecule has 0 bridgehead atoms. The molecule has 1 aliphatic rings. The van der Waals surface area contributed by atoms with E-state index in [1.165, 1.54) is 0 Å². The lowest BCUT2D eigenvalue weighted by Gasteiger charge is -2.20. The summed E-state index contributed by atoms with van der Waals surface area (Å²) in [5.74, 6) is -2.61. The number of anilines is 1. The fourth-order valence-corrected chi connectivity index (χ4v) is 2.40. The number of carbonyl (C=O) groups is 2. The Balaban J connectivity index is 2.53. The summed E-state index contributed by atoms with van der Waals surface area (Å²) in [6, 6.07) is 2.21. The fraction of sp³-hybridized carbons (Fsp3) is 0.333. The molecule has 1 aliphatic heterocycles. The van der Waals surface area contributed by atoms with E-state index in [-0.39, 0.29) is 42.0 Å². The van der Waals surface area contributed by atoms with Crippen molar-refractivity contribution < 1.29 is 19.1 Å². The van der Waals surface area contributed by atoms with Gasteiger partial charge in [-0.3, -0.25) is 4.79 Å². The number of hydrogen-bond acceptors (Lipinski definition) is 3. The zero-order valence-corrected chi connectivity index (χ0v) is 10.7. The number of nitrogens with two attached hydrogens (primary N) is 1. The van der Waals surface area contributed by atoms with E-state index in [1.54, 1.807) is 0 Å². The van der Waals surface area contributed by atoms with Gasteiger partial charge in [-0.2, -0.15) is 0 Å². The van der Waals surface area contributed by atoms with Crippen LogP contribution in [0.3, 0.4) is 0 Å². The highest BCUT2D eigenvalue weighted by molar-refractivity contribution is 6.34. The lowest BCUT2D eigenvalue weighted by atomic mass is 10.1. The number of benzene rings is 1. The highest BCUT2D eigenvalue weighted by Gasteiger charge is 2.34. The van der Waals surface area contributed by atoms with Crippen molar-refractivity contribution in [1.29, 1.82) is 0 Å². The summed E-state index contributed by atoms with van der Waals surface area (Å²) in [6.45, 7) is 0.486. The summed E-state index contributed by atoms with van der Waals surface area (Å²) in [5.41, 5.74) is 4.81. The minimum Gasteiger partial charge on any atom is -0.478 e. The quantitative estimate of drug-likeness (QED) is 0.882. The van der Waals surface area contributed by atoms with Gasteiger partial charge in [0, 0.05) is 13.0 Å². The normalized spacial score (nSPS) is 19.0. The van der Waals surface area contributed by atoms with Gasteiger partial charge in [0.2, 0.25) is 5.91 Å². The van der Waals surface area contributed by atoms with Crippen LogP contribution in [0.15, 0.2) is 12.1 Å². The lowest BCUT2D eigenvalue weighted by molar-refractivity contribution is -0.117. The van der Waals surface area contributed by atoms with Gasteiger partial charge in [-0.15, -0.1) is 0 Å². The highest BCUT2D eigenvalue weighted by Crippen LogP contribution is 2.34. The third kappa shape index (κ3) is 2.41. The molecule has 1 amide bonds. The maximum absolute atomic E-state index is 13.9. The van der Waals surface area contributed by atoms with Crippen LogP contribution in [0.5, 0.6) is 0 Å². The molecule has 1 unspecified atom stereocenters. The van der Waals surface area contributed by atoms with Gasteiger partial charge in [-0.05, 0) is 24.6 Å². The molecule has 102 valence electrons. The van der Waals surface area contributed by atoms with Gasteiger partial charge in [-0.1, -0.05) is 11.6 Å². The molecule has 5 nitrogen and oxygen atoms in total. The molecule has 1 atom stereocenters. The van der Waals surface area contributed by atoms with Gasteiger partial charge in [0.05, 0.1) is 10.7 Å². The van der Waals surface area contributed by atoms with Crippen molar-refractivity contribution in [2.45, 2.75) is 6.42 Å². The smallest absolute Gasteiger partial charge is 0.339 e. The first-order valence-electron chi connectivity index (χ1n) is 5.67. The van der Waals surface area contributed by atoms with Crippen molar-refractivity contribution >= 4 is 29.2 Å². The number of rotatable bonds is 3. The molecular formula is C12H12ClFN2O3. The monoisotopic (exact) mass is 286 g/mol. The minimum atomic E-state index is -1.37. The number of carboxylic acid groups (broad SMARTS) is 1. The molecule has 1 aromatic carbocycles. The third-order valence-corrected chi connectivity index (χ3v) is 3.42. The molecule has 0 spiro atoms. The predicted octanol–water partition coefficient (Wildman–Crippen LogP) is 1.49. The van der Waals surface area contributed by atoms with Gasteiger partial charge in [-0.25, -0.2) is 9.18 Å². The first kappa shape index (κ1) is 13.8. The summed E-state index contributed by atoms with van der Waals surface area (Å²) in [5, 5.41) is 9.02. The van der Waals surface area contributed by atoms with Crippen molar-refractivity contribution in [3.63, 3.8) is 0 Å². The van der Waals surface area contributed by atoms with Gasteiger partial charge < -0.3 is 15.7 Å². The molecule has 0 aliphatic carbocycles. The largest absolute Gasteiger partial charge is 0.478 e. The molecule has 3 N–H and O–H groups in total. The molecule has 1 aromatic rings. The van der Waals surface area contributed by atoms with Crippen molar-refractivity contribution in [1.82, 2.24) is 0 Å². The minimum absolute atomic E-state index is 0.104. The van der Waals surface area contributed by atoms with Crippen LogP contribution in [0.1, 0.15) is 16.8 Å². The first-order chi connectivity index (χ1) is 8.95. The van der Waals surface area contributed by atoms with Gasteiger partial charge >= 0.3 is 5.97 Å². The van der Waals surface area contributed by atoms with Crippen LogP contribution in [-0.4, -0.2) is 30.1 Å². The van der Waals surface area contributed by atoms with Crippen molar-refractivity contribution in [2.75, 3.05) is 18.0 Å². The third-order valence-electron chi connectivity index (χ3n) is 3.10. The molecule has 0 radical (unpaired) electrons. The molecule has 1 heterocycles. The Hall–Kier alpha value is -1.66. The number of carbonyl (C=O) groups excluding carboxylic acids is 1. The molecule has 0 saturated carbocycles. The van der Waals surface area contributed by atoms with E-state index < -0.39 is 17.3 Å². The predicted molar refractivity (Wildman–Crippen MR) is 67.9 cm³/mol. The fourth-order valence-electron chi connectivity index (χ4n) is 2.16. The van der Waals surface area contributed by atoms with Crippen LogP contribution in [0.25, 0.3) is 0 Å². The summed E-state index contributed by atoms with van der Waals surface area (Å²) in [4.78, 5) is 24.2. The van der Waals surface area contributed by atoms with Crippen LogP contribution >= 0.6 is 11.6 Å². The Kier molecular flexibility index (Phi) is 3.73. The van der Waals surface area contributed by atoms with Crippen molar-refractivity contribution in [2.24, 2.45) is 11.7 Å². The van der Waals surface area contributed by atoms with Crippen LogP contribution in [-0.2, 0) is 4.79 Å². The SMILES string of the molecule is NCC1CC(=O)N(c2c(F)ccc(Cl)c2C(=O)O)C1. The zero-order chi connectivity index (χ0) is 14.2. The number of carboxylic acids is 1. The van der Waals surface area contributed by atoms with Crippen LogP contribution in [0, 0.1) is 11.7 Å². The van der Waals surface area contributed by atoms with Crippen molar-refractivity contribution in [3.8, 4) is 0 Å². The maximum Gasteiger partial charge on any atom is 0.339 e. The molecule has 1 fully saturated rings. The summed E-state index contributed by atoms with van der Waals surface area (Å²) >= 11 is 5.78. The van der Waals surface area contributed by atoms with Gasteiger partial charge in [0.25, 0.3) is 0 Å². The molecule has 19 heavy (non-hydrogen) atoms. The van der Waals surface area contributed by atoms with E-state index in [9.17, 15) is 14.0 Å². The highest BCUT2D eigenvalue weighted by atomic mass is 35.5. The number of halogens is 2. The molecule has 0 aromatic heterocycles. The molecular weight excluding hydrogens is 275 g/mol. The average Bonchev–Trinajstić information content (AvgIpc) is 2.72. The Labute approximate surface area is 113 Å². The maximum atomic E-state index is 13.9. The Bertz CT molecular complexity index is 550. The number of nitrogens with zero attached hydrogens (tertiary/aromatic N) is 1. The Morgan fingerprint density at radius 1 is 1.58 bits per heavy atom. The molecule has 2 rings (SSSR count). The van der Waals surface area contributed by atoms with E-state index in [2.05, 4.69) is 0 Å². The van der Waals surface area contributed by atoms with Gasteiger partial charge in [0.1, 0.15) is 11.4 Å². The van der Waals surface area contributed by atoms with E-state index in [4.69, 9.17) is 22.4 Å². The standard InChI is InChI=1S/C12H12ClFN2O3/c13-7-1-2-8(14)11(10(7)12(18)19)16-5-6(4-15)3-9(16)17/h1-2,6H,3-5,15H2,(H,18,19). The van der Waals surface area contributed by atoms with E-state index in [0.717, 1.165) is 17.0 Å². The second-order valence-electron chi connectivity index (χ2n) is 4.37. The summed E-state index contributed by atoms with van der Waals surface area (Å²) < 4.78 is 13.9. The molecule has 1 saturated heterocycles. The summed E-state index contributed by atoms with van der Waals surface area (Å²) in [7, 11) is 0. The Morgan fingerprint density at radius 3 is 2.79 bits per heavy atom. The van der Waals surface area contributed by atoms with Gasteiger partial charge in [0.15, 0.2) is 0 Å². The second kappa shape index (κ2) is 5.14. The second-order valence-corrected chi connectivity index (χ2v) is 4.78. The zero-order valence-electron chi connectivity index (χ0n) is 9.90. The number of aromatic carboxylic acids is 1. The van der Waals surface area contributed by atoms with Crippen molar-refractivity contribution in [3.05, 3.63) is 28.5 Å². The number of hydrogen-bond donors (Lipinski definition) is 2. The van der Waals surface area contributed by atoms with Crippen LogP contribution in [0.2, 0.25) is 5.02 Å². The van der Waals surface area contributed by atoms with Crippen LogP contribution < -0.4 is 10.6 Å². The number of amides is 1. The van der Waals surface area contributed by atoms with E-state index >= 15 is 0 Å². The van der Waals surface area contributed by atoms with E-state index in [0.29, 0.717) is 0 Å². The average molecular weight is 287 g/mol. The van der Waals surface area contributed by atoms with E-state index in [1.807, 2.05) is 0 Å². The lowest BCUT2D eigenvalue weighted by Crippen LogP contribution is -2.28.